The van der Waals surface area contributed by atoms with E-state index in [-0.39, 0.29) is 25.5 Å². The maximum atomic E-state index is 13.7. The Labute approximate surface area is 177 Å². The number of aliphatic hydroxyl groups is 1. The molecule has 3 N–H and O–H groups in total. The third-order valence-corrected chi connectivity index (χ3v) is 4.83. The Morgan fingerprint density at radius 3 is 2.68 bits per heavy atom. The second kappa shape index (κ2) is 8.64. The van der Waals surface area contributed by atoms with E-state index >= 15 is 0 Å². The van der Waals surface area contributed by atoms with Gasteiger partial charge < -0.3 is 15.5 Å². The van der Waals surface area contributed by atoms with Gasteiger partial charge in [0.05, 0.1) is 12.3 Å². The van der Waals surface area contributed by atoms with Crippen molar-refractivity contribution in [1.29, 1.82) is 0 Å². The fraction of sp³-hybridized carbons (Fsp3) is 0.350. The summed E-state index contributed by atoms with van der Waals surface area (Å²) in [6.45, 7) is 4.87. The maximum Gasteiger partial charge on any atom is 0.296 e. The standard InChI is InChI=1S/C20H23FN6O4/c1-4-26-18(31)16(29)15(25-19(26)20(2,3)9-28)17(30)23-8-12-5-6-13(21)7-14(12)27-11-22-10-24-27/h5-7,10-11,28-29H,4,8-9H2,1-3H3,(H,23,30). The number of rotatable bonds is 7. The molecule has 0 atom stereocenters. The minimum Gasteiger partial charge on any atom is -0.501 e. The van der Waals surface area contributed by atoms with Crippen LogP contribution in [0.25, 0.3) is 5.69 Å². The SMILES string of the molecule is CCn1c(C(C)(C)CO)nc(C(=O)NCc2ccc(F)cc2-n2cncn2)c(O)c1=O. The third-order valence-electron chi connectivity index (χ3n) is 4.83. The summed E-state index contributed by atoms with van der Waals surface area (Å²) < 4.78 is 16.3. The highest BCUT2D eigenvalue weighted by atomic mass is 19.1. The van der Waals surface area contributed by atoms with E-state index in [1.807, 2.05) is 0 Å². The molecule has 31 heavy (non-hydrogen) atoms. The van der Waals surface area contributed by atoms with E-state index in [0.717, 1.165) is 0 Å². The number of hydrogen-bond donors (Lipinski definition) is 3. The van der Waals surface area contributed by atoms with Crippen LogP contribution in [0.3, 0.4) is 0 Å². The lowest BCUT2D eigenvalue weighted by molar-refractivity contribution is 0.0940. The number of hydrogen-bond acceptors (Lipinski definition) is 7. The van der Waals surface area contributed by atoms with Gasteiger partial charge in [0, 0.05) is 18.5 Å². The number of nitrogens with zero attached hydrogens (tertiary/aromatic N) is 5. The number of carbonyl (C=O) groups is 1. The fourth-order valence-electron chi connectivity index (χ4n) is 3.08. The Balaban J connectivity index is 1.95. The number of aromatic nitrogens is 5. The van der Waals surface area contributed by atoms with Crippen LogP contribution >= 0.6 is 0 Å². The average molecular weight is 430 g/mol. The van der Waals surface area contributed by atoms with Gasteiger partial charge in [0.25, 0.3) is 11.5 Å². The largest absolute Gasteiger partial charge is 0.501 e. The average Bonchev–Trinajstić information content (AvgIpc) is 3.29. The van der Waals surface area contributed by atoms with Crippen LogP contribution in [0.1, 0.15) is 42.6 Å². The van der Waals surface area contributed by atoms with E-state index in [2.05, 4.69) is 20.4 Å². The van der Waals surface area contributed by atoms with E-state index in [9.17, 15) is 24.2 Å². The molecular weight excluding hydrogens is 407 g/mol. The van der Waals surface area contributed by atoms with Gasteiger partial charge in [-0.2, -0.15) is 5.10 Å². The molecule has 3 aromatic rings. The summed E-state index contributed by atoms with van der Waals surface area (Å²) in [5, 5.41) is 26.5. The first kappa shape index (κ1) is 22.1. The zero-order chi connectivity index (χ0) is 22.8. The predicted octanol–water partition coefficient (Wildman–Crippen LogP) is 0.888. The number of amides is 1. The number of aromatic hydroxyl groups is 1. The molecule has 164 valence electrons. The summed E-state index contributed by atoms with van der Waals surface area (Å²) in [6, 6.07) is 3.97. The van der Waals surface area contributed by atoms with Gasteiger partial charge in [-0.1, -0.05) is 19.9 Å². The molecule has 0 fully saturated rings. The lowest BCUT2D eigenvalue weighted by atomic mass is 9.93. The molecule has 0 saturated heterocycles. The lowest BCUT2D eigenvalue weighted by Crippen LogP contribution is -2.37. The first-order valence-electron chi connectivity index (χ1n) is 9.56. The smallest absolute Gasteiger partial charge is 0.296 e. The van der Waals surface area contributed by atoms with Crippen LogP contribution in [0, 0.1) is 5.82 Å². The number of halogens is 1. The predicted molar refractivity (Wildman–Crippen MR) is 108 cm³/mol. The minimum atomic E-state index is -0.922. The van der Waals surface area contributed by atoms with Crippen molar-refractivity contribution in [2.24, 2.45) is 0 Å². The molecule has 10 nitrogen and oxygen atoms in total. The van der Waals surface area contributed by atoms with Crippen molar-refractivity contribution < 1.29 is 19.4 Å². The molecule has 0 aliphatic heterocycles. The Hall–Kier alpha value is -3.60. The van der Waals surface area contributed by atoms with Crippen LogP contribution < -0.4 is 10.9 Å². The molecule has 2 heterocycles. The Morgan fingerprint density at radius 2 is 2.06 bits per heavy atom. The van der Waals surface area contributed by atoms with E-state index in [1.165, 1.54) is 40.1 Å². The number of nitrogens with one attached hydrogen (secondary N) is 1. The van der Waals surface area contributed by atoms with Crippen molar-refractivity contribution in [1.82, 2.24) is 29.6 Å². The molecule has 0 spiro atoms. The summed E-state index contributed by atoms with van der Waals surface area (Å²) in [5.74, 6) is -1.89. The number of carbonyl (C=O) groups excluding carboxylic acids is 1. The fourth-order valence-corrected chi connectivity index (χ4v) is 3.08. The molecule has 1 amide bonds. The third kappa shape index (κ3) is 4.31. The van der Waals surface area contributed by atoms with Gasteiger partial charge in [-0.25, -0.2) is 19.0 Å². The van der Waals surface area contributed by atoms with Crippen LogP contribution in [-0.4, -0.2) is 47.0 Å². The van der Waals surface area contributed by atoms with Crippen LogP contribution in [0.4, 0.5) is 4.39 Å². The summed E-state index contributed by atoms with van der Waals surface area (Å²) in [6.07, 6.45) is 2.68. The number of aliphatic hydroxyl groups excluding tert-OH is 1. The molecule has 11 heteroatoms. The van der Waals surface area contributed by atoms with Crippen molar-refractivity contribution >= 4 is 5.91 Å². The molecule has 0 aliphatic rings. The highest BCUT2D eigenvalue weighted by molar-refractivity contribution is 5.94. The number of benzene rings is 1. The maximum absolute atomic E-state index is 13.7. The summed E-state index contributed by atoms with van der Waals surface area (Å²) in [7, 11) is 0. The summed E-state index contributed by atoms with van der Waals surface area (Å²) in [4.78, 5) is 33.4. The molecular formula is C20H23FN6O4. The Morgan fingerprint density at radius 1 is 1.32 bits per heavy atom. The van der Waals surface area contributed by atoms with Crippen molar-refractivity contribution in [3.63, 3.8) is 0 Å². The summed E-state index contributed by atoms with van der Waals surface area (Å²) in [5.41, 5.74) is -1.24. The quantitative estimate of drug-likeness (QED) is 0.507. The van der Waals surface area contributed by atoms with Crippen LogP contribution in [0.5, 0.6) is 5.75 Å². The first-order chi connectivity index (χ1) is 14.7. The molecule has 0 radical (unpaired) electrons. The molecule has 0 aliphatic carbocycles. The van der Waals surface area contributed by atoms with Crippen molar-refractivity contribution in [2.75, 3.05) is 6.61 Å². The van der Waals surface area contributed by atoms with Gasteiger partial charge in [0.2, 0.25) is 5.75 Å². The van der Waals surface area contributed by atoms with Crippen LogP contribution in [0.2, 0.25) is 0 Å². The second-order valence-electron chi connectivity index (χ2n) is 7.52. The topological polar surface area (TPSA) is 135 Å². The molecule has 3 rings (SSSR count). The van der Waals surface area contributed by atoms with Gasteiger partial charge in [0.1, 0.15) is 24.3 Å². The summed E-state index contributed by atoms with van der Waals surface area (Å²) >= 11 is 0. The minimum absolute atomic E-state index is 0.0506. The monoisotopic (exact) mass is 430 g/mol. The van der Waals surface area contributed by atoms with E-state index in [1.54, 1.807) is 20.8 Å². The zero-order valence-electron chi connectivity index (χ0n) is 17.3. The van der Waals surface area contributed by atoms with Gasteiger partial charge in [0.15, 0.2) is 5.69 Å². The molecule has 0 saturated carbocycles. The van der Waals surface area contributed by atoms with Crippen LogP contribution in [0.15, 0.2) is 35.6 Å². The molecule has 1 aromatic carbocycles. The van der Waals surface area contributed by atoms with Crippen LogP contribution in [-0.2, 0) is 18.5 Å². The second-order valence-corrected chi connectivity index (χ2v) is 7.52. The molecule has 0 bridgehead atoms. The van der Waals surface area contributed by atoms with E-state index in [4.69, 9.17) is 0 Å². The highest BCUT2D eigenvalue weighted by Gasteiger charge is 2.30. The van der Waals surface area contributed by atoms with Crippen molar-refractivity contribution in [2.45, 2.75) is 39.3 Å². The lowest BCUT2D eigenvalue weighted by Gasteiger charge is -2.25. The van der Waals surface area contributed by atoms with E-state index < -0.39 is 34.1 Å². The Kier molecular flexibility index (Phi) is 6.16. The van der Waals surface area contributed by atoms with E-state index in [0.29, 0.717) is 11.3 Å². The van der Waals surface area contributed by atoms with Gasteiger partial charge >= 0.3 is 0 Å². The molecule has 0 unspecified atom stereocenters. The first-order valence-corrected chi connectivity index (χ1v) is 9.56. The van der Waals surface area contributed by atoms with Gasteiger partial charge in [-0.3, -0.25) is 14.2 Å². The zero-order valence-corrected chi connectivity index (χ0v) is 17.3. The van der Waals surface area contributed by atoms with Gasteiger partial charge in [-0.05, 0) is 24.6 Å². The highest BCUT2D eigenvalue weighted by Crippen LogP contribution is 2.22. The normalized spacial score (nSPS) is 11.5. The van der Waals surface area contributed by atoms with Gasteiger partial charge in [-0.15, -0.1) is 0 Å². The van der Waals surface area contributed by atoms with Crippen molar-refractivity contribution in [3.8, 4) is 11.4 Å². The molecule has 2 aromatic heterocycles. The Bertz CT molecular complexity index is 1160. The van der Waals surface area contributed by atoms with Crippen molar-refractivity contribution in [3.05, 3.63) is 64.1 Å².